The standard InChI is InChI=1S/C13H15FN2O2/c1-8(2)10(13(17)18)7-16-12-5-3-4-11(14)9(12)6-15/h3-5,8,10,16H,7H2,1-2H3,(H,17,18). The Bertz CT molecular complexity index is 480. The van der Waals surface area contributed by atoms with E-state index in [4.69, 9.17) is 10.4 Å². The van der Waals surface area contributed by atoms with Gasteiger partial charge in [-0.2, -0.15) is 5.26 Å². The summed E-state index contributed by atoms with van der Waals surface area (Å²) in [6.45, 7) is 3.76. The first-order chi connectivity index (χ1) is 8.47. The number of carboxylic acids is 1. The number of rotatable bonds is 5. The van der Waals surface area contributed by atoms with Crippen LogP contribution in [0.2, 0.25) is 0 Å². The Labute approximate surface area is 105 Å². The van der Waals surface area contributed by atoms with E-state index in [1.165, 1.54) is 12.1 Å². The van der Waals surface area contributed by atoms with Gasteiger partial charge in [0.2, 0.25) is 0 Å². The number of anilines is 1. The SMILES string of the molecule is CC(C)C(CNc1cccc(F)c1C#N)C(=O)O. The van der Waals surface area contributed by atoms with Crippen molar-refractivity contribution in [3.05, 3.63) is 29.6 Å². The smallest absolute Gasteiger partial charge is 0.308 e. The summed E-state index contributed by atoms with van der Waals surface area (Å²) in [4.78, 5) is 11.0. The molecule has 0 radical (unpaired) electrons. The van der Waals surface area contributed by atoms with Gasteiger partial charge < -0.3 is 10.4 Å². The van der Waals surface area contributed by atoms with Crippen molar-refractivity contribution >= 4 is 11.7 Å². The summed E-state index contributed by atoms with van der Waals surface area (Å²) >= 11 is 0. The van der Waals surface area contributed by atoms with Crippen LogP contribution in [0.3, 0.4) is 0 Å². The molecule has 1 atom stereocenters. The molecule has 0 saturated carbocycles. The summed E-state index contributed by atoms with van der Waals surface area (Å²) in [5, 5.41) is 20.7. The molecule has 4 nitrogen and oxygen atoms in total. The number of benzene rings is 1. The van der Waals surface area contributed by atoms with Crippen LogP contribution in [0.4, 0.5) is 10.1 Å². The molecule has 1 rings (SSSR count). The monoisotopic (exact) mass is 250 g/mol. The number of hydrogen-bond acceptors (Lipinski definition) is 3. The fourth-order valence-corrected chi connectivity index (χ4v) is 1.61. The van der Waals surface area contributed by atoms with Crippen molar-refractivity contribution in [2.24, 2.45) is 11.8 Å². The fourth-order valence-electron chi connectivity index (χ4n) is 1.61. The first-order valence-corrected chi connectivity index (χ1v) is 5.62. The number of nitriles is 1. The molecule has 0 aliphatic rings. The number of nitrogens with zero attached hydrogens (tertiary/aromatic N) is 1. The average Bonchev–Trinajstić information content (AvgIpc) is 2.28. The quantitative estimate of drug-likeness (QED) is 0.842. The normalized spacial score (nSPS) is 11.9. The molecule has 0 bridgehead atoms. The third-order valence-electron chi connectivity index (χ3n) is 2.76. The van der Waals surface area contributed by atoms with Crippen LogP contribution in [0, 0.1) is 29.0 Å². The maximum absolute atomic E-state index is 13.3. The van der Waals surface area contributed by atoms with Crippen LogP contribution >= 0.6 is 0 Å². The first-order valence-electron chi connectivity index (χ1n) is 5.62. The highest BCUT2D eigenvalue weighted by atomic mass is 19.1. The van der Waals surface area contributed by atoms with Gasteiger partial charge in [0.25, 0.3) is 0 Å². The largest absolute Gasteiger partial charge is 0.481 e. The molecule has 18 heavy (non-hydrogen) atoms. The number of hydrogen-bond donors (Lipinski definition) is 2. The maximum Gasteiger partial charge on any atom is 0.308 e. The molecule has 0 aliphatic heterocycles. The van der Waals surface area contributed by atoms with Crippen molar-refractivity contribution < 1.29 is 14.3 Å². The molecular weight excluding hydrogens is 235 g/mol. The third kappa shape index (κ3) is 3.20. The van der Waals surface area contributed by atoms with Gasteiger partial charge in [-0.25, -0.2) is 4.39 Å². The highest BCUT2D eigenvalue weighted by molar-refractivity contribution is 5.71. The Hall–Kier alpha value is -2.09. The van der Waals surface area contributed by atoms with Gasteiger partial charge in [-0.1, -0.05) is 19.9 Å². The Morgan fingerprint density at radius 3 is 2.72 bits per heavy atom. The van der Waals surface area contributed by atoms with Crippen molar-refractivity contribution in [1.82, 2.24) is 0 Å². The molecule has 0 spiro atoms. The second-order valence-electron chi connectivity index (χ2n) is 4.34. The van der Waals surface area contributed by atoms with Crippen molar-refractivity contribution in [1.29, 1.82) is 5.26 Å². The molecule has 0 fully saturated rings. The van der Waals surface area contributed by atoms with E-state index in [2.05, 4.69) is 5.32 Å². The second-order valence-corrected chi connectivity index (χ2v) is 4.34. The van der Waals surface area contributed by atoms with E-state index in [0.29, 0.717) is 5.69 Å². The van der Waals surface area contributed by atoms with Gasteiger partial charge in [-0.05, 0) is 18.1 Å². The van der Waals surface area contributed by atoms with E-state index in [1.54, 1.807) is 26.0 Å². The number of carboxylic acid groups (broad SMARTS) is 1. The summed E-state index contributed by atoms with van der Waals surface area (Å²) in [6, 6.07) is 5.99. The zero-order valence-electron chi connectivity index (χ0n) is 10.3. The minimum Gasteiger partial charge on any atom is -0.481 e. The molecule has 0 saturated heterocycles. The van der Waals surface area contributed by atoms with Crippen LogP contribution in [0.1, 0.15) is 19.4 Å². The van der Waals surface area contributed by atoms with Crippen LogP contribution < -0.4 is 5.32 Å². The van der Waals surface area contributed by atoms with E-state index < -0.39 is 17.7 Å². The lowest BCUT2D eigenvalue weighted by Crippen LogP contribution is -2.27. The van der Waals surface area contributed by atoms with Crippen LogP contribution in [0.25, 0.3) is 0 Å². The van der Waals surface area contributed by atoms with Crippen LogP contribution in [0.5, 0.6) is 0 Å². The van der Waals surface area contributed by atoms with Crippen molar-refractivity contribution in [3.63, 3.8) is 0 Å². The molecular formula is C13H15FN2O2. The van der Waals surface area contributed by atoms with Gasteiger partial charge >= 0.3 is 5.97 Å². The predicted molar refractivity (Wildman–Crippen MR) is 65.6 cm³/mol. The van der Waals surface area contributed by atoms with Gasteiger partial charge in [0, 0.05) is 6.54 Å². The number of nitrogens with one attached hydrogen (secondary N) is 1. The third-order valence-corrected chi connectivity index (χ3v) is 2.76. The lowest BCUT2D eigenvalue weighted by atomic mass is 9.96. The van der Waals surface area contributed by atoms with Gasteiger partial charge in [0.1, 0.15) is 17.4 Å². The topological polar surface area (TPSA) is 73.1 Å². The van der Waals surface area contributed by atoms with Gasteiger partial charge in [-0.15, -0.1) is 0 Å². The van der Waals surface area contributed by atoms with Crippen molar-refractivity contribution in [3.8, 4) is 6.07 Å². The predicted octanol–water partition coefficient (Wildman–Crippen LogP) is 2.47. The summed E-state index contributed by atoms with van der Waals surface area (Å²) < 4.78 is 13.3. The van der Waals surface area contributed by atoms with E-state index in [1.807, 2.05) is 0 Å². The summed E-state index contributed by atoms with van der Waals surface area (Å²) in [6.07, 6.45) is 0. The lowest BCUT2D eigenvalue weighted by molar-refractivity contribution is -0.142. The maximum atomic E-state index is 13.3. The molecule has 2 N–H and O–H groups in total. The molecule has 1 aromatic rings. The zero-order valence-corrected chi connectivity index (χ0v) is 10.3. The van der Waals surface area contributed by atoms with Gasteiger partial charge in [-0.3, -0.25) is 4.79 Å². The molecule has 96 valence electrons. The van der Waals surface area contributed by atoms with E-state index in [-0.39, 0.29) is 18.0 Å². The molecule has 5 heteroatoms. The summed E-state index contributed by atoms with van der Waals surface area (Å²) in [5.41, 5.74) is 0.231. The number of carbonyl (C=O) groups is 1. The van der Waals surface area contributed by atoms with E-state index >= 15 is 0 Å². The molecule has 1 aromatic carbocycles. The van der Waals surface area contributed by atoms with Crippen molar-refractivity contribution in [2.75, 3.05) is 11.9 Å². The average molecular weight is 250 g/mol. The molecule has 0 aromatic heterocycles. The van der Waals surface area contributed by atoms with E-state index in [0.717, 1.165) is 0 Å². The minimum absolute atomic E-state index is 0.0471. The first kappa shape index (κ1) is 14.0. The molecule has 0 heterocycles. The Morgan fingerprint density at radius 1 is 1.56 bits per heavy atom. The van der Waals surface area contributed by atoms with E-state index in [9.17, 15) is 9.18 Å². The Morgan fingerprint density at radius 2 is 2.22 bits per heavy atom. The van der Waals surface area contributed by atoms with Crippen LogP contribution in [0.15, 0.2) is 18.2 Å². The van der Waals surface area contributed by atoms with Gasteiger partial charge in [0.05, 0.1) is 11.6 Å². The molecule has 0 amide bonds. The van der Waals surface area contributed by atoms with Crippen LogP contribution in [-0.4, -0.2) is 17.6 Å². The molecule has 1 unspecified atom stereocenters. The zero-order chi connectivity index (χ0) is 13.7. The Kier molecular flexibility index (Phi) is 4.67. The number of aliphatic carboxylic acids is 1. The summed E-state index contributed by atoms with van der Waals surface area (Å²) in [7, 11) is 0. The van der Waals surface area contributed by atoms with Crippen molar-refractivity contribution in [2.45, 2.75) is 13.8 Å². The fraction of sp³-hybridized carbons (Fsp3) is 0.385. The van der Waals surface area contributed by atoms with Gasteiger partial charge in [0.15, 0.2) is 0 Å². The lowest BCUT2D eigenvalue weighted by Gasteiger charge is -2.18. The van der Waals surface area contributed by atoms with Crippen LogP contribution in [-0.2, 0) is 4.79 Å². The minimum atomic E-state index is -0.910. The molecule has 0 aliphatic carbocycles. The number of halogens is 1. The summed E-state index contributed by atoms with van der Waals surface area (Å²) in [5.74, 6) is -2.15. The Balaban J connectivity index is 2.84. The highest BCUT2D eigenvalue weighted by Crippen LogP contribution is 2.19. The highest BCUT2D eigenvalue weighted by Gasteiger charge is 2.21. The second kappa shape index (κ2) is 6.01.